The van der Waals surface area contributed by atoms with Crippen LogP contribution in [0.25, 0.3) is 11.3 Å². The molecule has 6 nitrogen and oxygen atoms in total. The van der Waals surface area contributed by atoms with Crippen LogP contribution in [-0.2, 0) is 22.6 Å². The molecule has 174 valence electrons. The molecule has 0 atom stereocenters. The summed E-state index contributed by atoms with van der Waals surface area (Å²) < 4.78 is 71.9. The number of rotatable bonds is 7. The topological polar surface area (TPSA) is 78.3 Å². The van der Waals surface area contributed by atoms with Crippen LogP contribution in [0.2, 0.25) is 5.02 Å². The lowest BCUT2D eigenvalue weighted by Gasteiger charge is -2.19. The summed E-state index contributed by atoms with van der Waals surface area (Å²) in [5, 5.41) is 4.55. The van der Waals surface area contributed by atoms with E-state index in [9.17, 15) is 26.7 Å². The van der Waals surface area contributed by atoms with Crippen LogP contribution < -0.4 is 4.74 Å². The van der Waals surface area contributed by atoms with Crippen LogP contribution >= 0.6 is 11.6 Å². The van der Waals surface area contributed by atoms with Gasteiger partial charge in [-0.2, -0.15) is 36.6 Å². The van der Waals surface area contributed by atoms with Gasteiger partial charge in [-0.15, -0.1) is 0 Å². The Morgan fingerprint density at radius 1 is 1.28 bits per heavy atom. The van der Waals surface area contributed by atoms with E-state index in [0.29, 0.717) is 24.4 Å². The van der Waals surface area contributed by atoms with Gasteiger partial charge in [-0.05, 0) is 38.3 Å². The van der Waals surface area contributed by atoms with Gasteiger partial charge in [0.2, 0.25) is 0 Å². The Morgan fingerprint density at radius 2 is 1.88 bits per heavy atom. The van der Waals surface area contributed by atoms with Crippen molar-refractivity contribution >= 4 is 23.5 Å². The predicted molar refractivity (Wildman–Crippen MR) is 101 cm³/mol. The highest BCUT2D eigenvalue weighted by atomic mass is 35.5. The number of aromatic nitrogens is 2. The molecule has 0 aliphatic heterocycles. The first-order chi connectivity index (χ1) is 15.0. The summed E-state index contributed by atoms with van der Waals surface area (Å²) in [6, 6.07) is 3.37. The maximum Gasteiger partial charge on any atom is 0.401 e. The lowest BCUT2D eigenvalue weighted by Crippen LogP contribution is -2.32. The number of Topliss-reactive ketones (excluding diaryl/α,β-unsaturated/α-hetero) is 1. The molecule has 1 saturated carbocycles. The van der Waals surface area contributed by atoms with Gasteiger partial charge in [0.15, 0.2) is 5.78 Å². The van der Waals surface area contributed by atoms with E-state index in [-0.39, 0.29) is 35.1 Å². The number of alkyl halides is 5. The molecule has 3 rings (SSSR count). The second-order valence-electron chi connectivity index (χ2n) is 6.86. The third-order valence-electron chi connectivity index (χ3n) is 5.04. The number of carbonyl (C=O) groups excluding carboxylic acids is 3. The molecule has 0 amide bonds. The summed E-state index contributed by atoms with van der Waals surface area (Å²) in [6.45, 7) is 0.737. The fraction of sp³-hybridized carbons (Fsp3) is 0.450. The van der Waals surface area contributed by atoms with Crippen molar-refractivity contribution < 1.29 is 41.1 Å². The SMILES string of the molecule is CCc1nn(CC)c(-c2ccc(C(=O)C3(C(F)(F)F)CC3)cc2OC(F)F)c1Cl.O=C=O. The molecular formula is C20H18ClF5N2O4. The van der Waals surface area contributed by atoms with Crippen LogP contribution in [0.1, 0.15) is 42.7 Å². The number of ketones is 1. The largest absolute Gasteiger partial charge is 0.434 e. The molecule has 1 heterocycles. The highest BCUT2D eigenvalue weighted by Gasteiger charge is 2.68. The van der Waals surface area contributed by atoms with E-state index in [1.165, 1.54) is 16.8 Å². The van der Waals surface area contributed by atoms with Crippen molar-refractivity contribution in [3.05, 3.63) is 34.5 Å². The van der Waals surface area contributed by atoms with Crippen LogP contribution in [0.4, 0.5) is 22.0 Å². The van der Waals surface area contributed by atoms with Gasteiger partial charge in [0.05, 0.1) is 16.4 Å². The zero-order valence-electron chi connectivity index (χ0n) is 16.9. The number of hydrogen-bond acceptors (Lipinski definition) is 5. The van der Waals surface area contributed by atoms with Gasteiger partial charge in [-0.3, -0.25) is 9.48 Å². The molecule has 2 aromatic rings. The van der Waals surface area contributed by atoms with E-state index in [1.807, 2.05) is 6.92 Å². The number of ether oxygens (including phenoxy) is 1. The highest BCUT2D eigenvalue weighted by molar-refractivity contribution is 6.33. The Bertz CT molecular complexity index is 1030. The Kier molecular flexibility index (Phi) is 7.79. The smallest absolute Gasteiger partial charge is 0.401 e. The molecule has 0 N–H and O–H groups in total. The predicted octanol–water partition coefficient (Wildman–Crippen LogP) is 5.33. The number of carbonyl (C=O) groups is 1. The maximum atomic E-state index is 13.3. The average molecular weight is 481 g/mol. The Labute approximate surface area is 184 Å². The zero-order valence-corrected chi connectivity index (χ0v) is 17.7. The fourth-order valence-corrected chi connectivity index (χ4v) is 3.67. The van der Waals surface area contributed by atoms with Gasteiger partial charge >= 0.3 is 18.9 Å². The van der Waals surface area contributed by atoms with Gasteiger partial charge in [0.25, 0.3) is 0 Å². The number of benzene rings is 1. The molecular weight excluding hydrogens is 463 g/mol. The van der Waals surface area contributed by atoms with Crippen LogP contribution in [0, 0.1) is 5.41 Å². The van der Waals surface area contributed by atoms with E-state index in [2.05, 4.69) is 9.84 Å². The van der Waals surface area contributed by atoms with Crippen molar-refractivity contribution in [1.82, 2.24) is 9.78 Å². The van der Waals surface area contributed by atoms with Gasteiger partial charge < -0.3 is 4.74 Å². The highest BCUT2D eigenvalue weighted by Crippen LogP contribution is 2.59. The second-order valence-corrected chi connectivity index (χ2v) is 7.24. The summed E-state index contributed by atoms with van der Waals surface area (Å²) in [7, 11) is 0. The lowest BCUT2D eigenvalue weighted by atomic mass is 9.92. The average Bonchev–Trinajstić information content (AvgIpc) is 3.47. The van der Waals surface area contributed by atoms with Crippen molar-refractivity contribution in [1.29, 1.82) is 0 Å². The Hall–Kier alpha value is -2.78. The molecule has 0 radical (unpaired) electrons. The Balaban J connectivity index is 0.00000114. The van der Waals surface area contributed by atoms with Crippen LogP contribution in [0.15, 0.2) is 18.2 Å². The zero-order chi connectivity index (χ0) is 24.3. The molecule has 1 aliphatic rings. The minimum absolute atomic E-state index is 0.123. The van der Waals surface area contributed by atoms with Crippen LogP contribution in [0.3, 0.4) is 0 Å². The maximum absolute atomic E-state index is 13.3. The minimum atomic E-state index is -4.70. The summed E-state index contributed by atoms with van der Waals surface area (Å²) in [5.74, 6) is -1.58. The quantitative estimate of drug-likeness (QED) is 0.395. The molecule has 1 aromatic heterocycles. The van der Waals surface area contributed by atoms with Gasteiger partial charge in [0.1, 0.15) is 11.2 Å². The van der Waals surface area contributed by atoms with E-state index < -0.39 is 29.7 Å². The lowest BCUT2D eigenvalue weighted by molar-refractivity contribution is -0.191. The molecule has 0 spiro atoms. The fourth-order valence-electron chi connectivity index (χ4n) is 3.29. The first-order valence-electron chi connectivity index (χ1n) is 9.42. The van der Waals surface area contributed by atoms with E-state index in [0.717, 1.165) is 6.07 Å². The number of halogens is 6. The van der Waals surface area contributed by atoms with Crippen molar-refractivity contribution in [2.24, 2.45) is 5.41 Å². The summed E-state index contributed by atoms with van der Waals surface area (Å²) in [5.41, 5.74) is -1.82. The third kappa shape index (κ3) is 4.83. The van der Waals surface area contributed by atoms with E-state index >= 15 is 0 Å². The summed E-state index contributed by atoms with van der Waals surface area (Å²) in [4.78, 5) is 28.7. The second kappa shape index (κ2) is 9.79. The monoisotopic (exact) mass is 480 g/mol. The minimum Gasteiger partial charge on any atom is -0.434 e. The molecule has 0 bridgehead atoms. The molecule has 1 aromatic carbocycles. The molecule has 0 unspecified atom stereocenters. The first-order valence-corrected chi connectivity index (χ1v) is 9.80. The van der Waals surface area contributed by atoms with Crippen molar-refractivity contribution in [2.75, 3.05) is 0 Å². The molecule has 32 heavy (non-hydrogen) atoms. The van der Waals surface area contributed by atoms with Gasteiger partial charge in [0, 0.05) is 17.7 Å². The van der Waals surface area contributed by atoms with Crippen LogP contribution in [0.5, 0.6) is 5.75 Å². The van der Waals surface area contributed by atoms with Gasteiger partial charge in [-0.1, -0.05) is 24.6 Å². The molecule has 0 saturated heterocycles. The summed E-state index contributed by atoms with van der Waals surface area (Å²) >= 11 is 6.35. The first kappa shape index (κ1) is 25.5. The van der Waals surface area contributed by atoms with E-state index in [1.54, 1.807) is 6.92 Å². The summed E-state index contributed by atoms with van der Waals surface area (Å²) in [6.07, 6.45) is -4.60. The number of nitrogens with zero attached hydrogens (tertiary/aromatic N) is 2. The molecule has 12 heteroatoms. The normalized spacial score (nSPS) is 14.4. The number of aryl methyl sites for hydroxylation is 2. The van der Waals surface area contributed by atoms with Crippen molar-refractivity contribution in [3.63, 3.8) is 0 Å². The number of hydrogen-bond donors (Lipinski definition) is 0. The van der Waals surface area contributed by atoms with Crippen LogP contribution in [-0.4, -0.2) is 34.5 Å². The van der Waals surface area contributed by atoms with Crippen molar-refractivity contribution in [2.45, 2.75) is 52.4 Å². The standard InChI is InChI=1S/C19H18ClF5N2O2.CO2/c1-3-12-14(20)15(27(4-2)26-12)11-6-5-10(9-13(11)29-17(21)22)16(28)18(7-8-18)19(23,24)25;2-1-3/h5-6,9,17H,3-4,7-8H2,1-2H3;. The van der Waals surface area contributed by atoms with Gasteiger partial charge in [-0.25, -0.2) is 0 Å². The Morgan fingerprint density at radius 3 is 2.31 bits per heavy atom. The molecule has 1 aliphatic carbocycles. The molecule has 1 fully saturated rings. The van der Waals surface area contributed by atoms with E-state index in [4.69, 9.17) is 21.2 Å². The third-order valence-corrected chi connectivity index (χ3v) is 5.43. The van der Waals surface area contributed by atoms with Crippen molar-refractivity contribution in [3.8, 4) is 17.0 Å².